The Morgan fingerprint density at radius 2 is 0.847 bits per heavy atom. The summed E-state index contributed by atoms with van der Waals surface area (Å²) in [5.74, 6) is -6.04. The van der Waals surface area contributed by atoms with E-state index in [0.717, 1.165) is 89.9 Å². The second-order valence-corrected chi connectivity index (χ2v) is 20.5. The van der Waals surface area contributed by atoms with Crippen LogP contribution in [0, 0.1) is 46.3 Å². The van der Waals surface area contributed by atoms with Crippen LogP contribution in [0.2, 0.25) is 0 Å². The van der Waals surface area contributed by atoms with Crippen molar-refractivity contribution >= 4 is 0 Å². The lowest BCUT2D eigenvalue weighted by atomic mass is 9.53. The van der Waals surface area contributed by atoms with Crippen LogP contribution in [0.3, 0.4) is 0 Å². The molecule has 0 aromatic heterocycles. The fourth-order valence-electron chi connectivity index (χ4n) is 13.4. The molecule has 0 unspecified atom stereocenters. The van der Waals surface area contributed by atoms with Gasteiger partial charge in [0.25, 0.3) is 0 Å². The number of allylic oxidation sites excluding steroid dienone is 4. The zero-order valence-electron chi connectivity index (χ0n) is 37.1. The Morgan fingerprint density at radius 3 is 1.20 bits per heavy atom. The molecule has 336 valence electrons. The van der Waals surface area contributed by atoms with Gasteiger partial charge in [-0.25, -0.2) is 26.3 Å². The highest BCUT2D eigenvalue weighted by Gasteiger charge is 2.61. The number of hydrogen-bond donors (Lipinski definition) is 0. The number of halogens is 6. The summed E-state index contributed by atoms with van der Waals surface area (Å²) in [5, 5.41) is 0. The highest BCUT2D eigenvalue weighted by molar-refractivity contribution is 5.37. The van der Waals surface area contributed by atoms with E-state index in [9.17, 15) is 0 Å². The van der Waals surface area contributed by atoms with Crippen LogP contribution in [0.5, 0.6) is 0 Å². The fraction of sp³-hybridized carbons (Fsp3) is 0.846. The van der Waals surface area contributed by atoms with Gasteiger partial charge in [-0.2, -0.15) is 0 Å². The third-order valence-electron chi connectivity index (χ3n) is 17.0. The summed E-state index contributed by atoms with van der Waals surface area (Å²) in [5.41, 5.74) is -6.96. The number of ether oxygens (including phenoxy) is 1. The minimum atomic E-state index is -2.51. The monoisotopic (exact) mass is 835 g/mol. The molecule has 0 aromatic rings. The van der Waals surface area contributed by atoms with Crippen molar-refractivity contribution in [2.75, 3.05) is 13.2 Å². The van der Waals surface area contributed by atoms with Gasteiger partial charge < -0.3 is 4.74 Å². The number of hydrogen-bond acceptors (Lipinski definition) is 1. The predicted molar refractivity (Wildman–Crippen MR) is 231 cm³/mol. The standard InChI is InChI=1S/C52H80F6O/c1-3-5-7-9-13-19-39-21-25-43(26-22-39)49(31-15-11-16-32-49)51(57)35-29-41(45(53)47(51)55)37-59-38-42-30-36-52(58,48(56)46(42)54)50(33-17-12-18-34-50)44-27-23-40(24-28-44)20-14-10-8-6-4-2/h29-30,35-36,39-44H,3-28,31-34,37-38H2,1-2H3/t39?,40?,41-,42-,43?,44?,51+,52+/m0/s1. The van der Waals surface area contributed by atoms with Crippen molar-refractivity contribution in [3.8, 4) is 0 Å². The van der Waals surface area contributed by atoms with Gasteiger partial charge in [0.15, 0.2) is 23.0 Å². The Hall–Kier alpha value is -1.50. The summed E-state index contributed by atoms with van der Waals surface area (Å²) in [4.78, 5) is 0. The van der Waals surface area contributed by atoms with Gasteiger partial charge in [-0.3, -0.25) is 0 Å². The minimum absolute atomic E-state index is 0.00148. The van der Waals surface area contributed by atoms with Crippen LogP contribution >= 0.6 is 0 Å². The molecule has 59 heavy (non-hydrogen) atoms. The molecule has 4 fully saturated rings. The van der Waals surface area contributed by atoms with Crippen LogP contribution in [-0.4, -0.2) is 24.6 Å². The van der Waals surface area contributed by atoms with E-state index in [1.165, 1.54) is 101 Å². The topological polar surface area (TPSA) is 9.23 Å². The van der Waals surface area contributed by atoms with Gasteiger partial charge in [0.1, 0.15) is 11.7 Å². The molecule has 6 aliphatic carbocycles. The van der Waals surface area contributed by atoms with Crippen LogP contribution in [0.15, 0.2) is 47.6 Å². The van der Waals surface area contributed by atoms with Crippen molar-refractivity contribution in [1.82, 2.24) is 0 Å². The molecule has 7 heteroatoms. The summed E-state index contributed by atoms with van der Waals surface area (Å²) in [6, 6.07) is 0. The van der Waals surface area contributed by atoms with Gasteiger partial charge in [-0.1, -0.05) is 167 Å². The Morgan fingerprint density at radius 1 is 0.492 bits per heavy atom. The molecule has 1 nitrogen and oxygen atoms in total. The minimum Gasteiger partial charge on any atom is -0.379 e. The molecular formula is C52H80F6O. The van der Waals surface area contributed by atoms with E-state index in [2.05, 4.69) is 13.8 Å². The molecule has 0 bridgehead atoms. The fourth-order valence-corrected chi connectivity index (χ4v) is 13.4. The molecule has 6 aliphatic rings. The van der Waals surface area contributed by atoms with Gasteiger partial charge in [-0.15, -0.1) is 0 Å². The summed E-state index contributed by atoms with van der Waals surface area (Å²) in [7, 11) is 0. The van der Waals surface area contributed by atoms with E-state index in [1.807, 2.05) is 0 Å². The van der Waals surface area contributed by atoms with Crippen LogP contribution < -0.4 is 0 Å². The van der Waals surface area contributed by atoms with Crippen LogP contribution in [0.25, 0.3) is 0 Å². The van der Waals surface area contributed by atoms with E-state index in [-0.39, 0.29) is 25.0 Å². The zero-order valence-corrected chi connectivity index (χ0v) is 37.1. The zero-order chi connectivity index (χ0) is 41.9. The number of unbranched alkanes of at least 4 members (excludes halogenated alkanes) is 8. The van der Waals surface area contributed by atoms with E-state index in [1.54, 1.807) is 0 Å². The first kappa shape index (κ1) is 47.0. The molecule has 4 atom stereocenters. The molecule has 0 saturated heterocycles. The smallest absolute Gasteiger partial charge is 0.188 e. The molecule has 4 saturated carbocycles. The van der Waals surface area contributed by atoms with Gasteiger partial charge in [0, 0.05) is 10.8 Å². The van der Waals surface area contributed by atoms with Crippen LogP contribution in [0.4, 0.5) is 26.3 Å². The molecule has 0 N–H and O–H groups in total. The van der Waals surface area contributed by atoms with Crippen LogP contribution in [-0.2, 0) is 4.74 Å². The highest BCUT2D eigenvalue weighted by atomic mass is 19.2. The molecule has 0 amide bonds. The molecular weight excluding hydrogens is 755 g/mol. The molecule has 0 spiro atoms. The lowest BCUT2D eigenvalue weighted by Crippen LogP contribution is -2.52. The predicted octanol–water partition coefficient (Wildman–Crippen LogP) is 17.3. The average molecular weight is 835 g/mol. The van der Waals surface area contributed by atoms with Crippen molar-refractivity contribution < 1.29 is 31.1 Å². The van der Waals surface area contributed by atoms with Crippen LogP contribution in [0.1, 0.15) is 206 Å². The van der Waals surface area contributed by atoms with E-state index >= 15 is 26.3 Å². The Kier molecular flexibility index (Phi) is 17.3. The molecule has 6 rings (SSSR count). The molecule has 0 aromatic carbocycles. The third-order valence-corrected chi connectivity index (χ3v) is 17.0. The quantitative estimate of drug-likeness (QED) is 0.0674. The first-order chi connectivity index (χ1) is 28.5. The second-order valence-electron chi connectivity index (χ2n) is 20.5. The maximum Gasteiger partial charge on any atom is 0.188 e. The summed E-state index contributed by atoms with van der Waals surface area (Å²) in [6.45, 7) is 3.77. The van der Waals surface area contributed by atoms with Gasteiger partial charge in [0.2, 0.25) is 0 Å². The summed E-state index contributed by atoms with van der Waals surface area (Å²) >= 11 is 0. The second kappa shape index (κ2) is 21.7. The molecule has 0 aliphatic heterocycles. The van der Waals surface area contributed by atoms with Gasteiger partial charge >= 0.3 is 0 Å². The highest BCUT2D eigenvalue weighted by Crippen LogP contribution is 2.63. The first-order valence-electron chi connectivity index (χ1n) is 25.0. The Balaban J connectivity index is 1.05. The molecule has 0 radical (unpaired) electrons. The largest absolute Gasteiger partial charge is 0.379 e. The van der Waals surface area contributed by atoms with Gasteiger partial charge in [0.05, 0.1) is 25.0 Å². The maximum atomic E-state index is 17.4. The van der Waals surface area contributed by atoms with Crippen molar-refractivity contribution in [3.63, 3.8) is 0 Å². The Labute approximate surface area is 355 Å². The van der Waals surface area contributed by atoms with Crippen molar-refractivity contribution in [2.24, 2.45) is 46.3 Å². The SMILES string of the molecule is CCCCCCCC1CCC(C2([C@@]3(F)C=C[C@@H](COC[C@@H]4C=C[C@](F)(C5(C6CCC(CCCCCCC)CC6)CCCCC5)C(F)=C4F)C(F)=C3F)CCCCC2)CC1. The lowest BCUT2D eigenvalue weighted by Gasteiger charge is -2.53. The number of alkyl halides is 2. The summed E-state index contributed by atoms with van der Waals surface area (Å²) < 4.78 is 105. The van der Waals surface area contributed by atoms with E-state index in [0.29, 0.717) is 37.5 Å². The summed E-state index contributed by atoms with van der Waals surface area (Å²) in [6.07, 6.45) is 35.2. The first-order valence-corrected chi connectivity index (χ1v) is 25.0. The van der Waals surface area contributed by atoms with E-state index in [4.69, 9.17) is 4.74 Å². The van der Waals surface area contributed by atoms with Crippen molar-refractivity contribution in [3.05, 3.63) is 47.6 Å². The van der Waals surface area contributed by atoms with Crippen molar-refractivity contribution in [2.45, 2.75) is 218 Å². The van der Waals surface area contributed by atoms with Gasteiger partial charge in [-0.05, 0) is 87.2 Å². The maximum absolute atomic E-state index is 17.4. The Bertz CT molecular complexity index is 1320. The van der Waals surface area contributed by atoms with E-state index < -0.39 is 57.3 Å². The lowest BCUT2D eigenvalue weighted by molar-refractivity contribution is -0.0619. The third kappa shape index (κ3) is 10.2. The average Bonchev–Trinajstić information content (AvgIpc) is 3.27. The normalized spacial score (nSPS) is 35.1. The number of rotatable bonds is 20. The molecule has 0 heterocycles. The van der Waals surface area contributed by atoms with Crippen molar-refractivity contribution in [1.29, 1.82) is 0 Å².